The molecule has 0 saturated heterocycles. The van der Waals surface area contributed by atoms with E-state index in [1.807, 2.05) is 48.7 Å². The number of nitrogens with one attached hydrogen (secondary N) is 1. The first-order chi connectivity index (χ1) is 11.3. The number of benzene rings is 1. The Bertz CT molecular complexity index is 874. The van der Waals surface area contributed by atoms with Gasteiger partial charge >= 0.3 is 0 Å². The van der Waals surface area contributed by atoms with Crippen LogP contribution in [0.15, 0.2) is 53.1 Å². The van der Waals surface area contributed by atoms with Crippen LogP contribution in [0.2, 0.25) is 0 Å². The van der Waals surface area contributed by atoms with Crippen molar-refractivity contribution in [2.75, 3.05) is 5.43 Å². The van der Waals surface area contributed by atoms with Crippen LogP contribution >= 0.6 is 11.3 Å². The summed E-state index contributed by atoms with van der Waals surface area (Å²) in [5.74, 6) is 0. The summed E-state index contributed by atoms with van der Waals surface area (Å²) in [4.78, 5) is 8.35. The number of pyridine rings is 1. The molecule has 2 heterocycles. The van der Waals surface area contributed by atoms with Gasteiger partial charge in [-0.2, -0.15) is 10.4 Å². The first-order valence-corrected chi connectivity index (χ1v) is 7.81. The van der Waals surface area contributed by atoms with Gasteiger partial charge in [0.25, 0.3) is 0 Å². The second-order valence-electron chi connectivity index (χ2n) is 4.80. The van der Waals surface area contributed by atoms with Gasteiger partial charge in [0.05, 0.1) is 11.9 Å². The average Bonchev–Trinajstić information content (AvgIpc) is 3.01. The van der Waals surface area contributed by atoms with Crippen molar-refractivity contribution in [2.45, 2.75) is 6.92 Å². The largest absolute Gasteiger partial charge is 0.253 e. The maximum Gasteiger partial charge on any atom is 0.203 e. The second-order valence-corrected chi connectivity index (χ2v) is 5.66. The zero-order valence-electron chi connectivity index (χ0n) is 12.4. The molecule has 0 unspecified atom stereocenters. The highest BCUT2D eigenvalue weighted by molar-refractivity contribution is 7.13. The normalized spacial score (nSPS) is 10.6. The number of hydrazone groups is 1. The van der Waals surface area contributed by atoms with Crippen molar-refractivity contribution in [3.8, 4) is 17.2 Å². The van der Waals surface area contributed by atoms with Gasteiger partial charge < -0.3 is 0 Å². The van der Waals surface area contributed by atoms with E-state index in [0.29, 0.717) is 5.69 Å². The van der Waals surface area contributed by atoms with Crippen LogP contribution in [0.25, 0.3) is 11.1 Å². The predicted octanol–water partition coefficient (Wildman–Crippen LogP) is 3.83. The van der Waals surface area contributed by atoms with Crippen LogP contribution in [0.3, 0.4) is 0 Å². The summed E-state index contributed by atoms with van der Waals surface area (Å²) in [6.07, 6.45) is 3.35. The lowest BCUT2D eigenvalue weighted by Gasteiger charge is -2.03. The Kier molecular flexibility index (Phi) is 4.41. The van der Waals surface area contributed by atoms with Crippen LogP contribution in [0, 0.1) is 18.3 Å². The molecule has 23 heavy (non-hydrogen) atoms. The van der Waals surface area contributed by atoms with E-state index in [9.17, 15) is 0 Å². The number of anilines is 1. The Morgan fingerprint density at radius 2 is 2.09 bits per heavy atom. The molecule has 3 aromatic rings. The molecule has 0 saturated carbocycles. The molecule has 6 heteroatoms. The summed E-state index contributed by atoms with van der Waals surface area (Å²) in [6, 6.07) is 13.6. The number of aromatic nitrogens is 2. The van der Waals surface area contributed by atoms with Gasteiger partial charge in [-0.1, -0.05) is 24.3 Å². The smallest absolute Gasteiger partial charge is 0.203 e. The topological polar surface area (TPSA) is 74.0 Å². The van der Waals surface area contributed by atoms with Gasteiger partial charge in [-0.05, 0) is 30.2 Å². The first-order valence-electron chi connectivity index (χ1n) is 6.93. The number of hydrogen-bond acceptors (Lipinski definition) is 6. The van der Waals surface area contributed by atoms with Crippen molar-refractivity contribution in [1.82, 2.24) is 9.97 Å². The van der Waals surface area contributed by atoms with Crippen molar-refractivity contribution >= 4 is 22.7 Å². The van der Waals surface area contributed by atoms with Gasteiger partial charge in [0.1, 0.15) is 11.8 Å². The van der Waals surface area contributed by atoms with E-state index < -0.39 is 0 Å². The highest BCUT2D eigenvalue weighted by atomic mass is 32.1. The molecule has 5 nitrogen and oxygen atoms in total. The van der Waals surface area contributed by atoms with Gasteiger partial charge in [-0.15, -0.1) is 11.3 Å². The minimum Gasteiger partial charge on any atom is -0.253 e. The summed E-state index contributed by atoms with van der Waals surface area (Å²) in [7, 11) is 0. The number of hydrogen-bond donors (Lipinski definition) is 1. The summed E-state index contributed by atoms with van der Waals surface area (Å²) in [6.45, 7) is 1.94. The maximum atomic E-state index is 9.11. The summed E-state index contributed by atoms with van der Waals surface area (Å²) >= 11 is 1.51. The van der Waals surface area contributed by atoms with Crippen LogP contribution in [0.5, 0.6) is 0 Å². The summed E-state index contributed by atoms with van der Waals surface area (Å²) in [5, 5.41) is 16.0. The highest BCUT2D eigenvalue weighted by Gasteiger charge is 2.04. The van der Waals surface area contributed by atoms with Crippen LogP contribution in [-0.2, 0) is 0 Å². The molecule has 3 rings (SSSR count). The minimum absolute atomic E-state index is 0.426. The summed E-state index contributed by atoms with van der Waals surface area (Å²) in [5.41, 5.74) is 7.04. The van der Waals surface area contributed by atoms with E-state index in [0.717, 1.165) is 27.5 Å². The van der Waals surface area contributed by atoms with Crippen LogP contribution in [-0.4, -0.2) is 16.2 Å². The molecule has 0 aliphatic carbocycles. The molecule has 0 bridgehead atoms. The lowest BCUT2D eigenvalue weighted by Crippen LogP contribution is -1.91. The third-order valence-electron chi connectivity index (χ3n) is 3.13. The third kappa shape index (κ3) is 3.59. The van der Waals surface area contributed by atoms with Crippen molar-refractivity contribution in [3.63, 3.8) is 0 Å². The van der Waals surface area contributed by atoms with Crippen molar-refractivity contribution in [3.05, 3.63) is 64.9 Å². The SMILES string of the molecule is Cc1csc(NN=Cc2ccc(-c3cccnc3C#N)cc2)n1. The van der Waals surface area contributed by atoms with Crippen LogP contribution in [0.1, 0.15) is 17.0 Å². The highest BCUT2D eigenvalue weighted by Crippen LogP contribution is 2.21. The van der Waals surface area contributed by atoms with Gasteiger partial charge in [0.2, 0.25) is 5.13 Å². The summed E-state index contributed by atoms with van der Waals surface area (Å²) < 4.78 is 0. The number of thiazole rings is 1. The van der Waals surface area contributed by atoms with E-state index in [-0.39, 0.29) is 0 Å². The Morgan fingerprint density at radius 1 is 1.26 bits per heavy atom. The molecule has 1 aromatic carbocycles. The zero-order chi connectivity index (χ0) is 16.1. The van der Waals surface area contributed by atoms with Gasteiger partial charge in [0, 0.05) is 17.1 Å². The van der Waals surface area contributed by atoms with E-state index in [1.54, 1.807) is 12.4 Å². The predicted molar refractivity (Wildman–Crippen MR) is 92.5 cm³/mol. The molecule has 0 fully saturated rings. The molecule has 0 radical (unpaired) electrons. The minimum atomic E-state index is 0.426. The lowest BCUT2D eigenvalue weighted by atomic mass is 10.0. The fourth-order valence-electron chi connectivity index (χ4n) is 2.04. The molecule has 0 aliphatic heterocycles. The molecule has 112 valence electrons. The van der Waals surface area contributed by atoms with Gasteiger partial charge in [0.15, 0.2) is 0 Å². The number of rotatable bonds is 4. The molecule has 0 spiro atoms. The van der Waals surface area contributed by atoms with Crippen LogP contribution in [0.4, 0.5) is 5.13 Å². The van der Waals surface area contributed by atoms with Crippen molar-refractivity contribution < 1.29 is 0 Å². The molecule has 1 N–H and O–H groups in total. The Balaban J connectivity index is 1.73. The monoisotopic (exact) mass is 319 g/mol. The number of nitriles is 1. The van der Waals surface area contributed by atoms with Crippen LogP contribution < -0.4 is 5.43 Å². The quantitative estimate of drug-likeness (QED) is 0.586. The maximum absolute atomic E-state index is 9.11. The zero-order valence-corrected chi connectivity index (χ0v) is 13.2. The lowest BCUT2D eigenvalue weighted by molar-refractivity contribution is 1.22. The van der Waals surface area contributed by atoms with E-state index in [1.165, 1.54) is 11.3 Å². The van der Waals surface area contributed by atoms with E-state index >= 15 is 0 Å². The standard InChI is InChI=1S/C17H13N5S/c1-12-11-23-17(21-12)22-20-10-13-4-6-14(7-5-13)15-3-2-8-19-16(15)9-18/h2-8,10-11H,1H3,(H,21,22). The Hall–Kier alpha value is -3.04. The van der Waals surface area contributed by atoms with E-state index in [4.69, 9.17) is 5.26 Å². The van der Waals surface area contributed by atoms with Gasteiger partial charge in [-0.3, -0.25) is 5.43 Å². The molecular weight excluding hydrogens is 306 g/mol. The molecule has 0 atom stereocenters. The average molecular weight is 319 g/mol. The third-order valence-corrected chi connectivity index (χ3v) is 3.99. The van der Waals surface area contributed by atoms with E-state index in [2.05, 4.69) is 26.6 Å². The Labute approximate surface area is 138 Å². The molecule has 2 aromatic heterocycles. The molecule has 0 amide bonds. The van der Waals surface area contributed by atoms with Crippen molar-refractivity contribution in [2.24, 2.45) is 5.10 Å². The number of aryl methyl sites for hydroxylation is 1. The second kappa shape index (κ2) is 6.81. The first kappa shape index (κ1) is 14.9. The Morgan fingerprint density at radius 3 is 2.78 bits per heavy atom. The molecular formula is C17H13N5S. The fraction of sp³-hybridized carbons (Fsp3) is 0.0588. The fourth-order valence-corrected chi connectivity index (χ4v) is 2.68. The van der Waals surface area contributed by atoms with Crippen molar-refractivity contribution in [1.29, 1.82) is 5.26 Å². The molecule has 0 aliphatic rings. The van der Waals surface area contributed by atoms with Gasteiger partial charge in [-0.25, -0.2) is 9.97 Å². The number of nitrogens with zero attached hydrogens (tertiary/aromatic N) is 4.